The van der Waals surface area contributed by atoms with Gasteiger partial charge in [-0.15, -0.1) is 11.3 Å². The molecule has 9 nitrogen and oxygen atoms in total. The van der Waals surface area contributed by atoms with E-state index in [0.717, 1.165) is 8.99 Å². The van der Waals surface area contributed by atoms with Crippen molar-refractivity contribution in [3.05, 3.63) is 41.1 Å². The van der Waals surface area contributed by atoms with Gasteiger partial charge in [-0.2, -0.15) is 9.78 Å². The van der Waals surface area contributed by atoms with Crippen molar-refractivity contribution >= 4 is 67.7 Å². The van der Waals surface area contributed by atoms with Crippen LogP contribution in [0.4, 0.5) is 16.3 Å². The number of carbonyl (C=O) groups excluding carboxylic acids is 1. The highest BCUT2D eigenvalue weighted by Crippen LogP contribution is 2.36. The van der Waals surface area contributed by atoms with Crippen LogP contribution in [0.1, 0.15) is 20.8 Å². The summed E-state index contributed by atoms with van der Waals surface area (Å²) in [5, 5.41) is 6.64. The minimum atomic E-state index is -2.45. The largest absolute Gasteiger partial charge is 0.442 e. The van der Waals surface area contributed by atoms with Gasteiger partial charge in [0.2, 0.25) is 0 Å². The van der Waals surface area contributed by atoms with E-state index in [4.69, 9.17) is 16.3 Å². The van der Waals surface area contributed by atoms with Crippen LogP contribution in [0.2, 0.25) is 5.15 Å². The van der Waals surface area contributed by atoms with Crippen molar-refractivity contribution in [2.75, 3.05) is 4.31 Å². The lowest BCUT2D eigenvalue weighted by Crippen LogP contribution is -2.27. The van der Waals surface area contributed by atoms with Gasteiger partial charge in [-0.05, 0) is 39.0 Å². The van der Waals surface area contributed by atoms with Crippen molar-refractivity contribution in [3.63, 3.8) is 0 Å². The molecule has 0 bridgehead atoms. The predicted octanol–water partition coefficient (Wildman–Crippen LogP) is 4.46. The van der Waals surface area contributed by atoms with Crippen LogP contribution in [-0.2, 0) is 16.0 Å². The van der Waals surface area contributed by atoms with Crippen molar-refractivity contribution in [2.24, 2.45) is 0 Å². The summed E-state index contributed by atoms with van der Waals surface area (Å²) in [4.78, 5) is 17.3. The van der Waals surface area contributed by atoms with Gasteiger partial charge < -0.3 is 4.74 Å². The van der Waals surface area contributed by atoms with Crippen LogP contribution in [0.5, 0.6) is 0 Å². The van der Waals surface area contributed by atoms with Gasteiger partial charge in [-0.25, -0.2) is 18.3 Å². The third-order valence-electron chi connectivity index (χ3n) is 3.90. The standard InChI is InChI=1S/C17H16ClN5O4S2/c1-17(2,3)27-16(24)22-12-8-11(5-4-10(12)9-19-22)23(29(25)26)14-13(18)20-15-21(14)6-7-28-15/h4-9H,1-3H3,(H,25,26). The molecule has 12 heteroatoms. The summed E-state index contributed by atoms with van der Waals surface area (Å²) in [6.45, 7) is 5.27. The van der Waals surface area contributed by atoms with Gasteiger partial charge >= 0.3 is 6.09 Å². The minimum absolute atomic E-state index is 0.0833. The fourth-order valence-electron chi connectivity index (χ4n) is 2.80. The van der Waals surface area contributed by atoms with Gasteiger partial charge in [0, 0.05) is 17.0 Å². The molecule has 0 aliphatic carbocycles. The highest BCUT2D eigenvalue weighted by Gasteiger charge is 2.26. The second kappa shape index (κ2) is 7.10. The Hall–Kier alpha value is -2.47. The summed E-state index contributed by atoms with van der Waals surface area (Å²) in [7, 11) is 0. The van der Waals surface area contributed by atoms with Crippen LogP contribution in [0.25, 0.3) is 15.9 Å². The third kappa shape index (κ3) is 3.62. The molecule has 152 valence electrons. The summed E-state index contributed by atoms with van der Waals surface area (Å²) in [5.41, 5.74) is 0.0642. The van der Waals surface area contributed by atoms with Crippen LogP contribution < -0.4 is 4.31 Å². The van der Waals surface area contributed by atoms with Gasteiger partial charge in [-0.1, -0.05) is 11.6 Å². The Bertz CT molecular complexity index is 1260. The smallest absolute Gasteiger partial charge is 0.435 e. The zero-order valence-corrected chi connectivity index (χ0v) is 18.0. The molecule has 29 heavy (non-hydrogen) atoms. The molecule has 1 N–H and O–H groups in total. The monoisotopic (exact) mass is 453 g/mol. The highest BCUT2D eigenvalue weighted by atomic mass is 35.5. The van der Waals surface area contributed by atoms with Crippen molar-refractivity contribution in [1.82, 2.24) is 19.2 Å². The molecule has 0 saturated heterocycles. The zero-order chi connectivity index (χ0) is 20.9. The third-order valence-corrected chi connectivity index (χ3v) is 5.61. The number of thiazole rings is 1. The van der Waals surface area contributed by atoms with Crippen LogP contribution >= 0.6 is 22.9 Å². The minimum Gasteiger partial charge on any atom is -0.442 e. The molecule has 0 aliphatic heterocycles. The molecule has 4 aromatic rings. The summed E-state index contributed by atoms with van der Waals surface area (Å²) in [6.07, 6.45) is 2.58. The number of anilines is 2. The number of hydrogen-bond donors (Lipinski definition) is 1. The van der Waals surface area contributed by atoms with E-state index in [9.17, 15) is 13.6 Å². The van der Waals surface area contributed by atoms with E-state index < -0.39 is 23.0 Å². The van der Waals surface area contributed by atoms with E-state index in [1.54, 1.807) is 54.9 Å². The number of rotatable bonds is 3. The molecule has 0 saturated carbocycles. The number of aromatic nitrogens is 4. The number of fused-ring (bicyclic) bond motifs is 2. The first-order valence-electron chi connectivity index (χ1n) is 8.39. The maximum Gasteiger partial charge on any atom is 0.435 e. The number of hydrogen-bond acceptors (Lipinski definition) is 6. The number of halogens is 1. The normalized spacial score (nSPS) is 13.1. The van der Waals surface area contributed by atoms with Gasteiger partial charge in [-0.3, -0.25) is 8.95 Å². The lowest BCUT2D eigenvalue weighted by molar-refractivity contribution is 0.0523. The van der Waals surface area contributed by atoms with Crippen LogP contribution in [0.3, 0.4) is 0 Å². The van der Waals surface area contributed by atoms with Gasteiger partial charge in [0.25, 0.3) is 11.3 Å². The Morgan fingerprint density at radius 2 is 2.14 bits per heavy atom. The molecular formula is C17H16ClN5O4S2. The molecule has 0 aliphatic rings. The highest BCUT2D eigenvalue weighted by molar-refractivity contribution is 7.81. The Morgan fingerprint density at radius 3 is 2.83 bits per heavy atom. The van der Waals surface area contributed by atoms with E-state index in [1.807, 2.05) is 0 Å². The van der Waals surface area contributed by atoms with E-state index in [0.29, 0.717) is 21.6 Å². The SMILES string of the molecule is CC(C)(C)OC(=O)n1ncc2ccc(N(c3c(Cl)nc4sccn34)S(=O)O)cc21. The van der Waals surface area contributed by atoms with Crippen LogP contribution in [0, 0.1) is 0 Å². The first-order valence-corrected chi connectivity index (χ1v) is 10.7. The van der Waals surface area contributed by atoms with Crippen molar-refractivity contribution in [1.29, 1.82) is 0 Å². The average molecular weight is 454 g/mol. The molecular weight excluding hydrogens is 438 g/mol. The molecule has 0 spiro atoms. The molecule has 1 unspecified atom stereocenters. The second-order valence-corrected chi connectivity index (χ2v) is 9.14. The topological polar surface area (TPSA) is 102 Å². The number of nitrogens with zero attached hydrogens (tertiary/aromatic N) is 5. The molecule has 4 rings (SSSR count). The number of benzene rings is 1. The molecule has 0 amide bonds. The van der Waals surface area contributed by atoms with Crippen LogP contribution in [-0.4, -0.2) is 39.6 Å². The van der Waals surface area contributed by atoms with Crippen LogP contribution in [0.15, 0.2) is 36.0 Å². The first-order chi connectivity index (χ1) is 13.7. The number of ether oxygens (including phenoxy) is 1. The maximum absolute atomic E-state index is 12.5. The molecule has 1 aromatic carbocycles. The maximum atomic E-state index is 12.5. The summed E-state index contributed by atoms with van der Waals surface area (Å²) in [6, 6.07) is 4.90. The predicted molar refractivity (Wildman–Crippen MR) is 112 cm³/mol. The molecule has 0 radical (unpaired) electrons. The van der Waals surface area contributed by atoms with Gasteiger partial charge in [0.1, 0.15) is 5.60 Å². The van der Waals surface area contributed by atoms with Crippen molar-refractivity contribution < 1.29 is 18.3 Å². The van der Waals surface area contributed by atoms with E-state index >= 15 is 0 Å². The summed E-state index contributed by atoms with van der Waals surface area (Å²) >= 11 is 5.14. The molecule has 0 fully saturated rings. The number of imidazole rings is 1. The Morgan fingerprint density at radius 1 is 1.38 bits per heavy atom. The first kappa shape index (κ1) is 19.8. The van der Waals surface area contributed by atoms with Gasteiger partial charge in [0.15, 0.2) is 15.9 Å². The lowest BCUT2D eigenvalue weighted by atomic mass is 10.2. The summed E-state index contributed by atoms with van der Waals surface area (Å²) < 4.78 is 31.5. The van der Waals surface area contributed by atoms with Crippen molar-refractivity contribution in [2.45, 2.75) is 26.4 Å². The second-order valence-electron chi connectivity index (χ2n) is 7.09. The summed E-state index contributed by atoms with van der Waals surface area (Å²) in [5.74, 6) is 0.242. The Kier molecular flexibility index (Phi) is 4.85. The zero-order valence-electron chi connectivity index (χ0n) is 15.6. The quantitative estimate of drug-likeness (QED) is 0.459. The fraction of sp³-hybridized carbons (Fsp3) is 0.235. The van der Waals surface area contributed by atoms with Crippen molar-refractivity contribution in [3.8, 4) is 0 Å². The van der Waals surface area contributed by atoms with E-state index in [1.165, 1.54) is 17.5 Å². The molecule has 1 atom stereocenters. The number of carbonyl (C=O) groups is 1. The molecule has 3 heterocycles. The molecule has 3 aromatic heterocycles. The Balaban J connectivity index is 1.85. The lowest BCUT2D eigenvalue weighted by Gasteiger charge is -2.20. The van der Waals surface area contributed by atoms with E-state index in [-0.39, 0.29) is 11.0 Å². The average Bonchev–Trinajstić information content (AvgIpc) is 3.29. The Labute approximate surface area is 176 Å². The fourth-order valence-corrected chi connectivity index (χ4v) is 4.48. The van der Waals surface area contributed by atoms with Gasteiger partial charge in [0.05, 0.1) is 17.4 Å². The van der Waals surface area contributed by atoms with E-state index in [2.05, 4.69) is 10.1 Å².